The molecule has 0 unspecified atom stereocenters. The summed E-state index contributed by atoms with van der Waals surface area (Å²) in [5.41, 5.74) is 0. The van der Waals surface area contributed by atoms with Crippen molar-refractivity contribution in [3.05, 3.63) is 0 Å². The predicted molar refractivity (Wildman–Crippen MR) is 67.1 cm³/mol. The lowest BCUT2D eigenvalue weighted by molar-refractivity contribution is -0.138. The average molecular weight is 298 g/mol. The molecule has 0 rings (SSSR count). The fraction of sp³-hybridized carbons (Fsp3) is 0.833. The number of carboxylic acids is 1. The van der Waals surface area contributed by atoms with Gasteiger partial charge in [0.2, 0.25) is 5.91 Å². The van der Waals surface area contributed by atoms with Crippen LogP contribution in [0.25, 0.3) is 0 Å². The van der Waals surface area contributed by atoms with E-state index in [-0.39, 0.29) is 24.8 Å². The molecule has 0 aromatic carbocycles. The quantitative estimate of drug-likeness (QED) is 0.601. The van der Waals surface area contributed by atoms with Crippen LogP contribution in [0.2, 0.25) is 0 Å². The van der Waals surface area contributed by atoms with E-state index in [1.165, 1.54) is 0 Å². The molecule has 0 fully saturated rings. The Labute approximate surface area is 115 Å². The number of carboxylic acid groups (broad SMARTS) is 1. The van der Waals surface area contributed by atoms with Crippen LogP contribution in [0.15, 0.2) is 0 Å². The van der Waals surface area contributed by atoms with Gasteiger partial charge in [-0.3, -0.25) is 9.59 Å². The monoisotopic (exact) mass is 298 g/mol. The topological polar surface area (TPSA) is 78.4 Å². The van der Waals surface area contributed by atoms with Gasteiger partial charge in [-0.25, -0.2) is 0 Å². The average Bonchev–Trinajstić information content (AvgIpc) is 2.22. The number of hydrogen-bond acceptors (Lipinski definition) is 3. The maximum absolute atomic E-state index is 11.8. The van der Waals surface area contributed by atoms with Gasteiger partial charge >= 0.3 is 12.1 Å². The Morgan fingerprint density at radius 1 is 1.25 bits per heavy atom. The van der Waals surface area contributed by atoms with E-state index in [0.29, 0.717) is 6.42 Å². The third kappa shape index (κ3) is 11.8. The standard InChI is InChI=1S/C12H21F3N2O3/c1-8(2)3-9(4-11(19)20)5-17-10(18)6-16-7-12(13,14)15/h8-9,16H,3-7H2,1-2H3,(H,17,18)(H,19,20)/t9-/m0/s1. The zero-order chi connectivity index (χ0) is 15.8. The Morgan fingerprint density at radius 3 is 2.30 bits per heavy atom. The molecule has 0 spiro atoms. The highest BCUT2D eigenvalue weighted by molar-refractivity contribution is 5.78. The van der Waals surface area contributed by atoms with Crippen molar-refractivity contribution in [3.63, 3.8) is 0 Å². The van der Waals surface area contributed by atoms with E-state index in [1.54, 1.807) is 0 Å². The van der Waals surface area contributed by atoms with E-state index >= 15 is 0 Å². The summed E-state index contributed by atoms with van der Waals surface area (Å²) >= 11 is 0. The minimum absolute atomic E-state index is 0.0750. The molecule has 0 aromatic heterocycles. The Bertz CT molecular complexity index is 320. The van der Waals surface area contributed by atoms with Crippen LogP contribution < -0.4 is 10.6 Å². The molecule has 3 N–H and O–H groups in total. The first-order valence-electron chi connectivity index (χ1n) is 6.36. The number of aliphatic carboxylic acids is 1. The number of amides is 1. The molecule has 0 aliphatic heterocycles. The van der Waals surface area contributed by atoms with Gasteiger partial charge in [0.15, 0.2) is 0 Å². The lowest BCUT2D eigenvalue weighted by Gasteiger charge is -2.18. The molecule has 0 saturated carbocycles. The molecular formula is C12H21F3N2O3. The molecule has 0 heterocycles. The number of hydrogen-bond donors (Lipinski definition) is 3. The van der Waals surface area contributed by atoms with Gasteiger partial charge < -0.3 is 15.7 Å². The van der Waals surface area contributed by atoms with Gasteiger partial charge in [0, 0.05) is 13.0 Å². The van der Waals surface area contributed by atoms with E-state index in [2.05, 4.69) is 5.32 Å². The number of alkyl halides is 3. The largest absolute Gasteiger partial charge is 0.481 e. The van der Waals surface area contributed by atoms with Crippen LogP contribution in [0.1, 0.15) is 26.7 Å². The molecular weight excluding hydrogens is 277 g/mol. The molecule has 1 amide bonds. The third-order valence-electron chi connectivity index (χ3n) is 2.47. The van der Waals surface area contributed by atoms with Crippen LogP contribution in [0.5, 0.6) is 0 Å². The summed E-state index contributed by atoms with van der Waals surface area (Å²) in [5, 5.41) is 13.2. The van der Waals surface area contributed by atoms with Gasteiger partial charge in [-0.1, -0.05) is 13.8 Å². The molecule has 0 aromatic rings. The summed E-state index contributed by atoms with van der Waals surface area (Å²) < 4.78 is 35.5. The maximum Gasteiger partial charge on any atom is 0.401 e. The van der Waals surface area contributed by atoms with Crippen molar-refractivity contribution in [1.82, 2.24) is 10.6 Å². The number of nitrogens with one attached hydrogen (secondary N) is 2. The minimum atomic E-state index is -4.36. The summed E-state index contributed by atoms with van der Waals surface area (Å²) in [7, 11) is 0. The van der Waals surface area contributed by atoms with E-state index in [0.717, 1.165) is 0 Å². The number of halogens is 3. The summed E-state index contributed by atoms with van der Waals surface area (Å²) in [4.78, 5) is 22.0. The highest BCUT2D eigenvalue weighted by Gasteiger charge is 2.26. The van der Waals surface area contributed by atoms with Crippen LogP contribution in [0.3, 0.4) is 0 Å². The Hall–Kier alpha value is -1.31. The molecule has 1 atom stereocenters. The molecule has 0 radical (unpaired) electrons. The van der Waals surface area contributed by atoms with E-state index in [4.69, 9.17) is 5.11 Å². The second-order valence-corrected chi connectivity index (χ2v) is 5.12. The predicted octanol–water partition coefficient (Wildman–Crippen LogP) is 1.39. The molecule has 0 bridgehead atoms. The van der Waals surface area contributed by atoms with Crippen molar-refractivity contribution >= 4 is 11.9 Å². The molecule has 0 aliphatic rings. The van der Waals surface area contributed by atoms with Crippen LogP contribution in [0, 0.1) is 11.8 Å². The summed E-state index contributed by atoms with van der Waals surface area (Å²) in [6, 6.07) is 0. The fourth-order valence-corrected chi connectivity index (χ4v) is 1.79. The van der Waals surface area contributed by atoms with Crippen LogP contribution in [0.4, 0.5) is 13.2 Å². The zero-order valence-electron chi connectivity index (χ0n) is 11.6. The molecule has 118 valence electrons. The van der Waals surface area contributed by atoms with Crippen molar-refractivity contribution in [2.45, 2.75) is 32.9 Å². The first kappa shape index (κ1) is 18.7. The van der Waals surface area contributed by atoms with Crippen molar-refractivity contribution in [2.75, 3.05) is 19.6 Å². The van der Waals surface area contributed by atoms with E-state index < -0.39 is 31.1 Å². The maximum atomic E-state index is 11.8. The molecule has 0 saturated heterocycles. The number of carbonyl (C=O) groups is 2. The minimum Gasteiger partial charge on any atom is -0.481 e. The first-order valence-corrected chi connectivity index (χ1v) is 6.36. The van der Waals surface area contributed by atoms with Gasteiger partial charge in [-0.2, -0.15) is 13.2 Å². The Morgan fingerprint density at radius 2 is 1.85 bits per heavy atom. The molecule has 5 nitrogen and oxygen atoms in total. The van der Waals surface area contributed by atoms with Crippen molar-refractivity contribution in [2.24, 2.45) is 11.8 Å². The SMILES string of the molecule is CC(C)C[C@H](CNC(=O)CNCC(F)(F)F)CC(=O)O. The van der Waals surface area contributed by atoms with Crippen molar-refractivity contribution in [3.8, 4) is 0 Å². The molecule has 8 heteroatoms. The lowest BCUT2D eigenvalue weighted by atomic mass is 9.94. The summed E-state index contributed by atoms with van der Waals surface area (Å²) in [5.74, 6) is -1.48. The Balaban J connectivity index is 4.01. The highest BCUT2D eigenvalue weighted by atomic mass is 19.4. The van der Waals surface area contributed by atoms with Crippen molar-refractivity contribution < 1.29 is 27.9 Å². The van der Waals surface area contributed by atoms with Gasteiger partial charge in [-0.05, 0) is 18.3 Å². The van der Waals surface area contributed by atoms with Crippen LogP contribution in [-0.2, 0) is 9.59 Å². The van der Waals surface area contributed by atoms with E-state index in [9.17, 15) is 22.8 Å². The van der Waals surface area contributed by atoms with Crippen molar-refractivity contribution in [1.29, 1.82) is 0 Å². The second kappa shape index (κ2) is 8.78. The fourth-order valence-electron chi connectivity index (χ4n) is 1.79. The van der Waals surface area contributed by atoms with Gasteiger partial charge in [0.25, 0.3) is 0 Å². The van der Waals surface area contributed by atoms with Crippen LogP contribution >= 0.6 is 0 Å². The van der Waals surface area contributed by atoms with Crippen LogP contribution in [-0.4, -0.2) is 42.8 Å². The third-order valence-corrected chi connectivity index (χ3v) is 2.47. The number of carbonyl (C=O) groups excluding carboxylic acids is 1. The first-order chi connectivity index (χ1) is 9.10. The second-order valence-electron chi connectivity index (χ2n) is 5.12. The molecule has 20 heavy (non-hydrogen) atoms. The normalized spacial score (nSPS) is 13.3. The highest BCUT2D eigenvalue weighted by Crippen LogP contribution is 2.14. The summed E-state index contributed by atoms with van der Waals surface area (Å²) in [6.45, 7) is 2.34. The Kier molecular flexibility index (Phi) is 8.21. The van der Waals surface area contributed by atoms with Gasteiger partial charge in [0.05, 0.1) is 13.1 Å². The smallest absolute Gasteiger partial charge is 0.401 e. The van der Waals surface area contributed by atoms with Gasteiger partial charge in [0.1, 0.15) is 0 Å². The zero-order valence-corrected chi connectivity index (χ0v) is 11.6. The van der Waals surface area contributed by atoms with E-state index in [1.807, 2.05) is 19.2 Å². The van der Waals surface area contributed by atoms with Gasteiger partial charge in [-0.15, -0.1) is 0 Å². The molecule has 0 aliphatic carbocycles. The lowest BCUT2D eigenvalue weighted by Crippen LogP contribution is -2.40. The summed E-state index contributed by atoms with van der Waals surface area (Å²) in [6.07, 6.45) is -3.80. The number of rotatable bonds is 9.